The number of alkyl halides is 2. The number of nitrogens with zero attached hydrogens (tertiary/aromatic N) is 7. The molecule has 10 heteroatoms. The van der Waals surface area contributed by atoms with E-state index >= 15 is 0 Å². The van der Waals surface area contributed by atoms with Gasteiger partial charge in [0.05, 0.1) is 47.1 Å². The van der Waals surface area contributed by atoms with Crippen LogP contribution in [0.2, 0.25) is 0 Å². The summed E-state index contributed by atoms with van der Waals surface area (Å²) < 4.78 is 1.52. The van der Waals surface area contributed by atoms with Gasteiger partial charge in [-0.05, 0) is 78.4 Å². The summed E-state index contributed by atoms with van der Waals surface area (Å²) in [7, 11) is 0. The van der Waals surface area contributed by atoms with E-state index in [1.165, 1.54) is 21.4 Å². The normalized spacial score (nSPS) is 10.9. The summed E-state index contributed by atoms with van der Waals surface area (Å²) in [6.07, 6.45) is 2.57. The van der Waals surface area contributed by atoms with Crippen molar-refractivity contribution in [3.8, 4) is 24.3 Å². The van der Waals surface area contributed by atoms with Crippen molar-refractivity contribution in [2.45, 2.75) is 78.8 Å². The fraction of sp³-hybridized carbons (Fsp3) is 0.289. The van der Waals surface area contributed by atoms with E-state index in [4.69, 9.17) is 22.1 Å². The van der Waals surface area contributed by atoms with Gasteiger partial charge in [-0.3, -0.25) is 9.69 Å². The first-order chi connectivity index (χ1) is 26.7. The van der Waals surface area contributed by atoms with E-state index in [9.17, 15) is 15.3 Å². The molecule has 1 aliphatic rings. The van der Waals surface area contributed by atoms with E-state index in [2.05, 4.69) is 57.1 Å². The van der Waals surface area contributed by atoms with Gasteiger partial charge in [-0.25, -0.2) is 4.68 Å². The van der Waals surface area contributed by atoms with Crippen molar-refractivity contribution in [3.63, 3.8) is 0 Å². The SMILES string of the molecule is CC.CC.Cc1ccc(CCl)cc1.Cc1ccc(Cn2ncc3c(c2=O)CN(Cc2cc(C#N)cc(C#N)c2)CC3)cc1.N#Cc1ccc(CBr)cc1C#N. The van der Waals surface area contributed by atoms with Crippen LogP contribution >= 0.6 is 27.5 Å². The summed E-state index contributed by atoms with van der Waals surface area (Å²) in [5, 5.41) is 40.7. The summed E-state index contributed by atoms with van der Waals surface area (Å²) in [5.41, 5.74) is 10.1. The van der Waals surface area contributed by atoms with Crippen molar-refractivity contribution in [1.82, 2.24) is 14.7 Å². The Balaban J connectivity index is 0.000000342. The fourth-order valence-electron chi connectivity index (χ4n) is 5.36. The minimum absolute atomic E-state index is 0.0544. The van der Waals surface area contributed by atoms with Gasteiger partial charge < -0.3 is 0 Å². The molecule has 55 heavy (non-hydrogen) atoms. The summed E-state index contributed by atoms with van der Waals surface area (Å²) in [6, 6.07) is 34.9. The molecule has 282 valence electrons. The van der Waals surface area contributed by atoms with Gasteiger partial charge in [0.1, 0.15) is 12.1 Å². The fourth-order valence-corrected chi connectivity index (χ4v) is 5.88. The Morgan fingerprint density at radius 3 is 1.75 bits per heavy atom. The zero-order chi connectivity index (χ0) is 40.8. The summed E-state index contributed by atoms with van der Waals surface area (Å²) in [4.78, 5) is 15.2. The molecular weight excluding hydrogens is 770 g/mol. The Morgan fingerprint density at radius 2 is 1.24 bits per heavy atom. The minimum Gasteiger partial charge on any atom is -0.294 e. The number of hydrogen-bond donors (Lipinski definition) is 0. The van der Waals surface area contributed by atoms with E-state index in [-0.39, 0.29) is 5.56 Å². The monoisotopic (exact) mass is 815 g/mol. The van der Waals surface area contributed by atoms with Crippen molar-refractivity contribution in [3.05, 3.63) is 168 Å². The van der Waals surface area contributed by atoms with E-state index in [1.54, 1.807) is 30.3 Å². The zero-order valence-electron chi connectivity index (χ0n) is 32.4. The summed E-state index contributed by atoms with van der Waals surface area (Å²) in [6.45, 7) is 14.5. The van der Waals surface area contributed by atoms with Crippen LogP contribution in [0.4, 0.5) is 0 Å². The molecule has 8 nitrogen and oxygen atoms in total. The van der Waals surface area contributed by atoms with E-state index in [1.807, 2.05) is 95.4 Å². The minimum atomic E-state index is -0.0544. The third kappa shape index (κ3) is 14.3. The maximum atomic E-state index is 13.1. The van der Waals surface area contributed by atoms with Crippen molar-refractivity contribution >= 4 is 27.5 Å². The number of rotatable bonds is 6. The molecular formula is C45H47BrClN7O. The molecule has 0 atom stereocenters. The highest BCUT2D eigenvalue weighted by Crippen LogP contribution is 2.19. The first-order valence-corrected chi connectivity index (χ1v) is 19.8. The molecule has 2 heterocycles. The smallest absolute Gasteiger partial charge is 0.271 e. The van der Waals surface area contributed by atoms with E-state index in [0.29, 0.717) is 53.1 Å². The molecule has 0 aliphatic carbocycles. The topological polar surface area (TPSA) is 133 Å². The van der Waals surface area contributed by atoms with E-state index < -0.39 is 0 Å². The van der Waals surface area contributed by atoms with Crippen molar-refractivity contribution < 1.29 is 0 Å². The molecule has 4 aromatic carbocycles. The number of aromatic nitrogens is 2. The van der Waals surface area contributed by atoms with Gasteiger partial charge >= 0.3 is 0 Å². The molecule has 0 saturated carbocycles. The number of nitriles is 4. The molecule has 0 radical (unpaired) electrons. The summed E-state index contributed by atoms with van der Waals surface area (Å²) in [5.74, 6) is 0.611. The predicted molar refractivity (Wildman–Crippen MR) is 224 cm³/mol. The third-order valence-electron chi connectivity index (χ3n) is 8.18. The lowest BCUT2D eigenvalue weighted by atomic mass is 10.0. The van der Waals surface area contributed by atoms with Gasteiger partial charge in [-0.2, -0.15) is 26.1 Å². The predicted octanol–water partition coefficient (Wildman–Crippen LogP) is 10.0. The molecule has 0 spiro atoms. The van der Waals surface area contributed by atoms with Crippen LogP contribution in [0.1, 0.15) is 94.5 Å². The van der Waals surface area contributed by atoms with Crippen LogP contribution in [0.5, 0.6) is 0 Å². The van der Waals surface area contributed by atoms with Crippen LogP contribution in [0.3, 0.4) is 0 Å². The lowest BCUT2D eigenvalue weighted by Gasteiger charge is -2.28. The summed E-state index contributed by atoms with van der Waals surface area (Å²) >= 11 is 8.85. The maximum absolute atomic E-state index is 13.1. The standard InChI is InChI=1S/C24H21N5O.C9H5BrN2.C8H9Cl.2C2H6/c1-17-2-4-18(5-3-17)15-29-24(30)23-16-28(7-6-22(23)13-27-29)14-21-9-19(11-25)8-20(10-21)12-26;10-4-7-1-2-8(5-11)9(3-7)6-12;1-7-2-4-8(6-9)5-3-7;2*1-2/h2-5,8-10,13H,6-7,14-16H2,1H3;1-3H,4H2;2-5H,6H2,1H3;2*1-2H3. The Hall–Kier alpha value is -5.55. The highest BCUT2D eigenvalue weighted by molar-refractivity contribution is 9.08. The average Bonchev–Trinajstić information content (AvgIpc) is 3.24. The van der Waals surface area contributed by atoms with Crippen LogP contribution in [-0.4, -0.2) is 21.2 Å². The lowest BCUT2D eigenvalue weighted by molar-refractivity contribution is 0.242. The largest absolute Gasteiger partial charge is 0.294 e. The number of aryl methyl sites for hydroxylation is 2. The van der Waals surface area contributed by atoms with Crippen LogP contribution < -0.4 is 5.56 Å². The van der Waals surface area contributed by atoms with Gasteiger partial charge in [-0.1, -0.05) is 109 Å². The number of halogens is 2. The second-order valence-corrected chi connectivity index (χ2v) is 12.9. The first-order valence-electron chi connectivity index (χ1n) is 18.1. The maximum Gasteiger partial charge on any atom is 0.271 e. The molecule has 0 amide bonds. The highest BCUT2D eigenvalue weighted by atomic mass is 79.9. The third-order valence-corrected chi connectivity index (χ3v) is 9.13. The van der Waals surface area contributed by atoms with Gasteiger partial charge in [0.25, 0.3) is 5.56 Å². The zero-order valence-corrected chi connectivity index (χ0v) is 34.7. The molecule has 6 rings (SSSR count). The molecule has 5 aromatic rings. The van der Waals surface area contributed by atoms with E-state index in [0.717, 1.165) is 40.8 Å². The van der Waals surface area contributed by atoms with Crippen LogP contribution in [-0.2, 0) is 37.3 Å². The lowest BCUT2D eigenvalue weighted by Crippen LogP contribution is -2.37. The molecule has 1 aliphatic heterocycles. The molecule has 0 N–H and O–H groups in total. The van der Waals surface area contributed by atoms with Crippen LogP contribution in [0.25, 0.3) is 0 Å². The van der Waals surface area contributed by atoms with Gasteiger partial charge in [-0.15, -0.1) is 11.6 Å². The molecule has 0 saturated heterocycles. The molecule has 1 aromatic heterocycles. The van der Waals surface area contributed by atoms with Crippen molar-refractivity contribution in [1.29, 1.82) is 21.0 Å². The number of benzene rings is 4. The molecule has 0 bridgehead atoms. The second kappa shape index (κ2) is 24.7. The highest BCUT2D eigenvalue weighted by Gasteiger charge is 2.21. The van der Waals surface area contributed by atoms with Crippen LogP contribution in [0, 0.1) is 59.2 Å². The van der Waals surface area contributed by atoms with Crippen molar-refractivity contribution in [2.24, 2.45) is 0 Å². The Morgan fingerprint density at radius 1 is 0.691 bits per heavy atom. The molecule has 0 fully saturated rings. The van der Waals surface area contributed by atoms with Gasteiger partial charge in [0, 0.05) is 36.4 Å². The average molecular weight is 817 g/mol. The number of fused-ring (bicyclic) bond motifs is 1. The Kier molecular flexibility index (Phi) is 20.5. The van der Waals surface area contributed by atoms with Gasteiger partial charge in [0.15, 0.2) is 0 Å². The quantitative estimate of drug-likeness (QED) is 0.156. The Bertz CT molecular complexity index is 2170. The second-order valence-electron chi connectivity index (χ2n) is 12.1. The van der Waals surface area contributed by atoms with Crippen molar-refractivity contribution in [2.75, 3.05) is 6.54 Å². The molecule has 0 unspecified atom stereocenters. The number of hydrogen-bond acceptors (Lipinski definition) is 7. The van der Waals surface area contributed by atoms with Gasteiger partial charge in [0.2, 0.25) is 0 Å². The Labute approximate surface area is 339 Å². The van der Waals surface area contributed by atoms with Crippen LogP contribution in [0.15, 0.2) is 95.9 Å². The first kappa shape index (κ1) is 45.6.